The smallest absolute Gasteiger partial charge is 0.332 e. The molecule has 2 aromatic rings. The Kier molecular flexibility index (Phi) is 5.03. The second-order valence-electron chi connectivity index (χ2n) is 3.98. The first-order valence-corrected chi connectivity index (χ1v) is 6.61. The number of halogens is 2. The summed E-state index contributed by atoms with van der Waals surface area (Å²) in [4.78, 5) is 10.5. The molecule has 0 saturated heterocycles. The van der Waals surface area contributed by atoms with Gasteiger partial charge in [0.15, 0.2) is 0 Å². The quantitative estimate of drug-likeness (QED) is 0.663. The second-order valence-corrected chi connectivity index (χ2v) is 4.80. The highest BCUT2D eigenvalue weighted by molar-refractivity contribution is 6.42. The van der Waals surface area contributed by atoms with Gasteiger partial charge in [0, 0.05) is 6.07 Å². The van der Waals surface area contributed by atoms with E-state index in [2.05, 4.69) is 10.5 Å². The van der Waals surface area contributed by atoms with Gasteiger partial charge >= 0.3 is 6.03 Å². The van der Waals surface area contributed by atoms with Gasteiger partial charge in [-0.1, -0.05) is 23.2 Å². The minimum atomic E-state index is -0.717. The van der Waals surface area contributed by atoms with Crippen molar-refractivity contribution >= 4 is 35.4 Å². The number of nitrogens with two attached hydrogens (primary N) is 1. The topological polar surface area (TPSA) is 76.7 Å². The van der Waals surface area contributed by atoms with Crippen molar-refractivity contribution < 1.29 is 9.53 Å². The molecule has 0 spiro atoms. The monoisotopic (exact) mass is 323 g/mol. The van der Waals surface area contributed by atoms with Gasteiger partial charge in [-0.3, -0.25) is 0 Å². The van der Waals surface area contributed by atoms with Gasteiger partial charge in [0.25, 0.3) is 0 Å². The molecule has 2 aromatic carbocycles. The minimum absolute atomic E-state index is 0.426. The molecule has 0 atom stereocenters. The maximum Gasteiger partial charge on any atom is 0.332 e. The lowest BCUT2D eigenvalue weighted by molar-refractivity contribution is 0.249. The summed E-state index contributed by atoms with van der Waals surface area (Å²) in [5, 5.41) is 4.55. The number of carbonyl (C=O) groups excluding carboxylic acids is 1. The van der Waals surface area contributed by atoms with Crippen molar-refractivity contribution in [2.45, 2.75) is 0 Å². The zero-order valence-corrected chi connectivity index (χ0v) is 12.2. The molecule has 108 valence electrons. The Morgan fingerprint density at radius 1 is 1.10 bits per heavy atom. The average Bonchev–Trinajstić information content (AvgIpc) is 2.44. The van der Waals surface area contributed by atoms with Crippen LogP contribution < -0.4 is 15.9 Å². The number of hydrazone groups is 1. The largest absolute Gasteiger partial charge is 0.457 e. The van der Waals surface area contributed by atoms with E-state index in [1.165, 1.54) is 6.21 Å². The van der Waals surface area contributed by atoms with E-state index in [1.807, 2.05) is 0 Å². The number of urea groups is 1. The molecule has 2 rings (SSSR count). The first-order valence-electron chi connectivity index (χ1n) is 5.86. The Labute approximate surface area is 131 Å². The predicted molar refractivity (Wildman–Crippen MR) is 83.3 cm³/mol. The summed E-state index contributed by atoms with van der Waals surface area (Å²) in [6.07, 6.45) is 1.47. The molecule has 7 heteroatoms. The summed E-state index contributed by atoms with van der Waals surface area (Å²) >= 11 is 11.7. The highest BCUT2D eigenvalue weighted by atomic mass is 35.5. The lowest BCUT2D eigenvalue weighted by atomic mass is 10.2. The van der Waals surface area contributed by atoms with Crippen LogP contribution in [0.25, 0.3) is 0 Å². The number of nitrogens with one attached hydrogen (secondary N) is 1. The molecule has 0 bridgehead atoms. The Hall–Kier alpha value is -2.24. The molecule has 0 fully saturated rings. The Bertz CT molecular complexity index is 672. The van der Waals surface area contributed by atoms with Crippen LogP contribution in [0.5, 0.6) is 11.5 Å². The number of hydrogen-bond donors (Lipinski definition) is 2. The van der Waals surface area contributed by atoms with E-state index in [0.717, 1.165) is 5.56 Å². The molecular formula is C14H11Cl2N3O2. The van der Waals surface area contributed by atoms with Gasteiger partial charge in [-0.25, -0.2) is 10.2 Å². The van der Waals surface area contributed by atoms with Crippen LogP contribution in [0.1, 0.15) is 5.56 Å². The van der Waals surface area contributed by atoms with E-state index in [-0.39, 0.29) is 0 Å². The summed E-state index contributed by atoms with van der Waals surface area (Å²) in [6, 6.07) is 11.4. The van der Waals surface area contributed by atoms with Crippen LogP contribution in [0.15, 0.2) is 47.6 Å². The standard InChI is InChI=1S/C14H11Cl2N3O2/c15-12-6-5-11(7-13(12)16)21-10-3-1-9(2-4-10)8-18-19-14(17)20/h1-8H,(H3,17,19,20)/b18-8-. The zero-order valence-electron chi connectivity index (χ0n) is 10.7. The first-order chi connectivity index (χ1) is 10.0. The molecule has 0 aliphatic heterocycles. The van der Waals surface area contributed by atoms with Crippen molar-refractivity contribution in [3.8, 4) is 11.5 Å². The number of carbonyl (C=O) groups is 1. The number of benzene rings is 2. The van der Waals surface area contributed by atoms with Crippen LogP contribution in [0, 0.1) is 0 Å². The third-order valence-corrected chi connectivity index (χ3v) is 3.13. The Balaban J connectivity index is 2.03. The number of ether oxygens (including phenoxy) is 1. The van der Waals surface area contributed by atoms with Crippen molar-refractivity contribution in [3.63, 3.8) is 0 Å². The van der Waals surface area contributed by atoms with Gasteiger partial charge in [0.05, 0.1) is 16.3 Å². The maximum atomic E-state index is 10.5. The van der Waals surface area contributed by atoms with Crippen LogP contribution >= 0.6 is 23.2 Å². The highest BCUT2D eigenvalue weighted by Gasteiger charge is 2.02. The van der Waals surface area contributed by atoms with Crippen LogP contribution in [0.3, 0.4) is 0 Å². The zero-order chi connectivity index (χ0) is 15.2. The number of amides is 2. The summed E-state index contributed by atoms with van der Waals surface area (Å²) < 4.78 is 5.63. The summed E-state index contributed by atoms with van der Waals surface area (Å²) in [5.74, 6) is 1.22. The Morgan fingerprint density at radius 2 is 1.76 bits per heavy atom. The molecule has 0 aliphatic rings. The third kappa shape index (κ3) is 4.66. The fourth-order valence-electron chi connectivity index (χ4n) is 1.47. The lowest BCUT2D eigenvalue weighted by Gasteiger charge is -2.06. The normalized spacial score (nSPS) is 10.6. The van der Waals surface area contributed by atoms with E-state index in [9.17, 15) is 4.79 Å². The van der Waals surface area contributed by atoms with Crippen LogP contribution in [0.2, 0.25) is 10.0 Å². The SMILES string of the molecule is NC(=O)N/N=C\c1ccc(Oc2ccc(Cl)c(Cl)c2)cc1. The van der Waals surface area contributed by atoms with Gasteiger partial charge < -0.3 is 10.5 Å². The molecule has 0 unspecified atom stereocenters. The molecule has 5 nitrogen and oxygen atoms in total. The van der Waals surface area contributed by atoms with E-state index in [0.29, 0.717) is 21.5 Å². The third-order valence-electron chi connectivity index (χ3n) is 2.40. The summed E-state index contributed by atoms with van der Waals surface area (Å²) in [7, 11) is 0. The molecule has 0 saturated carbocycles. The van der Waals surface area contributed by atoms with Gasteiger partial charge in [-0.15, -0.1) is 0 Å². The molecule has 3 N–H and O–H groups in total. The van der Waals surface area contributed by atoms with Crippen LogP contribution in [-0.2, 0) is 0 Å². The number of nitrogens with zero attached hydrogens (tertiary/aromatic N) is 1. The molecule has 0 aliphatic carbocycles. The lowest BCUT2D eigenvalue weighted by Crippen LogP contribution is -2.24. The van der Waals surface area contributed by atoms with Crippen molar-refractivity contribution in [2.24, 2.45) is 10.8 Å². The van der Waals surface area contributed by atoms with Crippen molar-refractivity contribution in [2.75, 3.05) is 0 Å². The average molecular weight is 324 g/mol. The highest BCUT2D eigenvalue weighted by Crippen LogP contribution is 2.29. The molecule has 0 aromatic heterocycles. The predicted octanol–water partition coefficient (Wildman–Crippen LogP) is 3.79. The molecule has 0 radical (unpaired) electrons. The Morgan fingerprint density at radius 3 is 2.38 bits per heavy atom. The van der Waals surface area contributed by atoms with Crippen LogP contribution in [-0.4, -0.2) is 12.2 Å². The summed E-state index contributed by atoms with van der Waals surface area (Å²) in [5.41, 5.74) is 7.78. The number of hydrogen-bond acceptors (Lipinski definition) is 3. The van der Waals surface area contributed by atoms with Gasteiger partial charge in [0.1, 0.15) is 11.5 Å². The number of rotatable bonds is 4. The van der Waals surface area contributed by atoms with Crippen molar-refractivity contribution in [3.05, 3.63) is 58.1 Å². The van der Waals surface area contributed by atoms with Gasteiger partial charge in [-0.2, -0.15) is 5.10 Å². The fraction of sp³-hybridized carbons (Fsp3) is 0. The van der Waals surface area contributed by atoms with E-state index in [1.54, 1.807) is 42.5 Å². The fourth-order valence-corrected chi connectivity index (χ4v) is 1.76. The van der Waals surface area contributed by atoms with Crippen LogP contribution in [0.4, 0.5) is 4.79 Å². The van der Waals surface area contributed by atoms with Crippen molar-refractivity contribution in [1.82, 2.24) is 5.43 Å². The molecule has 21 heavy (non-hydrogen) atoms. The molecule has 2 amide bonds. The van der Waals surface area contributed by atoms with E-state index in [4.69, 9.17) is 33.7 Å². The molecular weight excluding hydrogens is 313 g/mol. The van der Waals surface area contributed by atoms with E-state index >= 15 is 0 Å². The van der Waals surface area contributed by atoms with Crippen molar-refractivity contribution in [1.29, 1.82) is 0 Å². The van der Waals surface area contributed by atoms with Gasteiger partial charge in [-0.05, 0) is 42.0 Å². The van der Waals surface area contributed by atoms with E-state index < -0.39 is 6.03 Å². The maximum absolute atomic E-state index is 10.5. The first kappa shape index (κ1) is 15.2. The summed E-state index contributed by atoms with van der Waals surface area (Å²) in [6.45, 7) is 0. The minimum Gasteiger partial charge on any atom is -0.457 e. The van der Waals surface area contributed by atoms with Gasteiger partial charge in [0.2, 0.25) is 0 Å². The second kappa shape index (κ2) is 6.97. The molecule has 0 heterocycles. The number of primary amides is 1.